The molecule has 2 rings (SSSR count). The Morgan fingerprint density at radius 3 is 2.41 bits per heavy atom. The molecule has 0 aliphatic carbocycles. The van der Waals surface area contributed by atoms with Gasteiger partial charge >= 0.3 is 12.1 Å². The van der Waals surface area contributed by atoms with Crippen molar-refractivity contribution in [2.75, 3.05) is 6.61 Å². The lowest BCUT2D eigenvalue weighted by Gasteiger charge is -2.27. The molecule has 1 saturated heterocycles. The van der Waals surface area contributed by atoms with E-state index in [4.69, 9.17) is 14.2 Å². The van der Waals surface area contributed by atoms with Crippen LogP contribution in [0.4, 0.5) is 4.79 Å². The van der Waals surface area contributed by atoms with Gasteiger partial charge in [0.2, 0.25) is 5.91 Å². The normalized spacial score (nSPS) is 21.8. The first-order valence-corrected chi connectivity index (χ1v) is 10.8. The van der Waals surface area contributed by atoms with Gasteiger partial charge in [0.25, 0.3) is 0 Å². The summed E-state index contributed by atoms with van der Waals surface area (Å²) in [5, 5.41) is 14.9. The first-order chi connectivity index (χ1) is 15.0. The minimum atomic E-state index is -1.20. The Morgan fingerprint density at radius 2 is 1.84 bits per heavy atom. The molecule has 178 valence electrons. The molecule has 0 unspecified atom stereocenters. The number of ether oxygens (including phenoxy) is 3. The van der Waals surface area contributed by atoms with E-state index >= 15 is 0 Å². The zero-order chi connectivity index (χ0) is 23.9. The highest BCUT2D eigenvalue weighted by Crippen LogP contribution is 2.21. The first-order valence-electron chi connectivity index (χ1n) is 10.8. The second-order valence-corrected chi connectivity index (χ2v) is 9.30. The van der Waals surface area contributed by atoms with E-state index in [-0.39, 0.29) is 19.1 Å². The number of aliphatic carboxylic acids is 1. The van der Waals surface area contributed by atoms with E-state index in [1.807, 2.05) is 44.2 Å². The lowest BCUT2D eigenvalue weighted by molar-refractivity contribution is -0.154. The van der Waals surface area contributed by atoms with Gasteiger partial charge in [-0.2, -0.15) is 0 Å². The summed E-state index contributed by atoms with van der Waals surface area (Å²) >= 11 is 0. The fourth-order valence-electron chi connectivity index (χ4n) is 3.35. The third-order valence-electron chi connectivity index (χ3n) is 4.72. The number of benzene rings is 1. The van der Waals surface area contributed by atoms with Crippen LogP contribution in [0.15, 0.2) is 30.3 Å². The molecule has 1 heterocycles. The van der Waals surface area contributed by atoms with Crippen LogP contribution in [0.3, 0.4) is 0 Å². The molecule has 0 spiro atoms. The number of carbonyl (C=O) groups is 3. The summed E-state index contributed by atoms with van der Waals surface area (Å²) in [6.07, 6.45) is -2.39. The maximum Gasteiger partial charge on any atom is 0.408 e. The van der Waals surface area contributed by atoms with Crippen molar-refractivity contribution in [1.29, 1.82) is 0 Å². The fourth-order valence-corrected chi connectivity index (χ4v) is 3.35. The number of carboxylic acids is 1. The van der Waals surface area contributed by atoms with Gasteiger partial charge in [-0.15, -0.1) is 0 Å². The maximum absolute atomic E-state index is 13.0. The lowest BCUT2D eigenvalue weighted by Crippen LogP contribution is -2.54. The topological polar surface area (TPSA) is 123 Å². The summed E-state index contributed by atoms with van der Waals surface area (Å²) in [4.78, 5) is 36.8. The minimum Gasteiger partial charge on any atom is -0.479 e. The molecule has 2 amide bonds. The molecule has 0 radical (unpaired) electrons. The number of alkyl carbamates (subject to hydrolysis) is 1. The number of nitrogens with one attached hydrogen (secondary N) is 2. The average Bonchev–Trinajstić information content (AvgIpc) is 3.07. The number of carbonyl (C=O) groups excluding carboxylic acids is 2. The monoisotopic (exact) mass is 450 g/mol. The van der Waals surface area contributed by atoms with Crippen molar-refractivity contribution in [3.63, 3.8) is 0 Å². The predicted octanol–water partition coefficient (Wildman–Crippen LogP) is 2.48. The van der Waals surface area contributed by atoms with Crippen molar-refractivity contribution in [2.45, 2.75) is 77.5 Å². The molecule has 1 aromatic carbocycles. The van der Waals surface area contributed by atoms with Gasteiger partial charge in [-0.3, -0.25) is 4.79 Å². The first kappa shape index (κ1) is 25.6. The molecule has 1 aliphatic heterocycles. The van der Waals surface area contributed by atoms with E-state index in [0.29, 0.717) is 6.42 Å². The molecule has 0 aromatic heterocycles. The van der Waals surface area contributed by atoms with Crippen molar-refractivity contribution in [3.8, 4) is 0 Å². The predicted molar refractivity (Wildman–Crippen MR) is 117 cm³/mol. The van der Waals surface area contributed by atoms with Crippen LogP contribution in [-0.4, -0.2) is 59.6 Å². The number of hydrogen-bond donors (Lipinski definition) is 3. The van der Waals surface area contributed by atoms with Gasteiger partial charge in [0.1, 0.15) is 17.7 Å². The zero-order valence-corrected chi connectivity index (χ0v) is 19.3. The van der Waals surface area contributed by atoms with Gasteiger partial charge in [0.15, 0.2) is 6.10 Å². The molecule has 32 heavy (non-hydrogen) atoms. The third kappa shape index (κ3) is 8.12. The Bertz CT molecular complexity index is 776. The van der Waals surface area contributed by atoms with E-state index < -0.39 is 47.9 Å². The smallest absolute Gasteiger partial charge is 0.408 e. The van der Waals surface area contributed by atoms with Gasteiger partial charge in [0, 0.05) is 0 Å². The van der Waals surface area contributed by atoms with Gasteiger partial charge in [-0.05, 0) is 38.7 Å². The van der Waals surface area contributed by atoms with E-state index in [1.165, 1.54) is 0 Å². The van der Waals surface area contributed by atoms with Crippen LogP contribution < -0.4 is 10.6 Å². The van der Waals surface area contributed by atoms with Crippen LogP contribution in [0.1, 0.15) is 46.6 Å². The van der Waals surface area contributed by atoms with Crippen molar-refractivity contribution < 1.29 is 33.7 Å². The Labute approximate surface area is 188 Å². The largest absolute Gasteiger partial charge is 0.479 e. The molecular weight excluding hydrogens is 416 g/mol. The molecule has 1 fully saturated rings. The van der Waals surface area contributed by atoms with Crippen molar-refractivity contribution >= 4 is 18.0 Å². The zero-order valence-electron chi connectivity index (χ0n) is 19.3. The molecule has 1 aromatic rings. The summed E-state index contributed by atoms with van der Waals surface area (Å²) in [5.74, 6) is -1.49. The summed E-state index contributed by atoms with van der Waals surface area (Å²) in [5.41, 5.74) is 0.172. The molecule has 9 heteroatoms. The molecule has 0 bridgehead atoms. The van der Waals surface area contributed by atoms with Gasteiger partial charge in [-0.1, -0.05) is 44.2 Å². The number of hydrogen-bond acceptors (Lipinski definition) is 6. The third-order valence-corrected chi connectivity index (χ3v) is 4.72. The highest BCUT2D eigenvalue weighted by Gasteiger charge is 2.44. The summed E-state index contributed by atoms with van der Waals surface area (Å²) in [7, 11) is 0. The molecule has 3 N–H and O–H groups in total. The quantitative estimate of drug-likeness (QED) is 0.528. The number of rotatable bonds is 9. The highest BCUT2D eigenvalue weighted by atomic mass is 16.6. The summed E-state index contributed by atoms with van der Waals surface area (Å²) in [6, 6.07) is 7.79. The second-order valence-electron chi connectivity index (χ2n) is 9.30. The van der Waals surface area contributed by atoms with E-state index in [1.54, 1.807) is 20.8 Å². The van der Waals surface area contributed by atoms with Crippen LogP contribution in [0.2, 0.25) is 0 Å². The van der Waals surface area contributed by atoms with Gasteiger partial charge < -0.3 is 30.0 Å². The van der Waals surface area contributed by atoms with Gasteiger partial charge in [-0.25, -0.2) is 9.59 Å². The highest BCUT2D eigenvalue weighted by molar-refractivity contribution is 5.86. The van der Waals surface area contributed by atoms with Crippen molar-refractivity contribution in [1.82, 2.24) is 10.6 Å². The van der Waals surface area contributed by atoms with Crippen LogP contribution in [0, 0.1) is 5.92 Å². The average molecular weight is 451 g/mol. The molecule has 9 nitrogen and oxygen atoms in total. The SMILES string of the molecule is CC(C)C[C@@H](NC(=O)OC(C)(C)C)C(=O)N[C@H]1CO[C@@H](C(=O)O)[C@@H]1OCc1ccccc1. The van der Waals surface area contributed by atoms with E-state index in [0.717, 1.165) is 5.56 Å². The van der Waals surface area contributed by atoms with E-state index in [2.05, 4.69) is 10.6 Å². The molecular formula is C23H34N2O7. The molecule has 4 atom stereocenters. The maximum atomic E-state index is 13.0. The molecule has 0 saturated carbocycles. The summed E-state index contributed by atoms with van der Waals surface area (Å²) in [6.45, 7) is 9.24. The van der Waals surface area contributed by atoms with Crippen LogP contribution >= 0.6 is 0 Å². The standard InChI is InChI=1S/C23H34N2O7/c1-14(2)11-16(25-22(29)32-23(3,4)5)20(26)24-17-13-31-19(21(27)28)18(17)30-12-15-9-7-6-8-10-15/h6-10,14,16-19H,11-13H2,1-5H3,(H,24,26)(H,25,29)(H,27,28)/t16-,17+,18-,19-/m1/s1. The summed E-state index contributed by atoms with van der Waals surface area (Å²) < 4.78 is 16.5. The molecule has 1 aliphatic rings. The van der Waals surface area contributed by atoms with Gasteiger partial charge in [0.05, 0.1) is 19.3 Å². The van der Waals surface area contributed by atoms with Crippen LogP contribution in [-0.2, 0) is 30.4 Å². The van der Waals surface area contributed by atoms with Crippen molar-refractivity contribution in [2.24, 2.45) is 5.92 Å². The Kier molecular flexibility index (Phi) is 9.03. The Morgan fingerprint density at radius 1 is 1.19 bits per heavy atom. The van der Waals surface area contributed by atoms with Crippen LogP contribution in [0.5, 0.6) is 0 Å². The van der Waals surface area contributed by atoms with Crippen LogP contribution in [0.25, 0.3) is 0 Å². The number of amides is 2. The lowest BCUT2D eigenvalue weighted by atomic mass is 10.0. The number of carboxylic acid groups (broad SMARTS) is 1. The minimum absolute atomic E-state index is 0.0109. The Hall–Kier alpha value is -2.65. The Balaban J connectivity index is 2.07. The second kappa shape index (κ2) is 11.3. The van der Waals surface area contributed by atoms with E-state index in [9.17, 15) is 19.5 Å². The van der Waals surface area contributed by atoms with Crippen molar-refractivity contribution in [3.05, 3.63) is 35.9 Å². The fraction of sp³-hybridized carbons (Fsp3) is 0.609.